The number of hydrogen-bond donors (Lipinski definition) is 0. The number of hydrogen-bond acceptors (Lipinski definition) is 4. The smallest absolute Gasteiger partial charge is 0.0476 e. The van der Waals surface area contributed by atoms with Crippen molar-refractivity contribution >= 4 is 102 Å². The van der Waals surface area contributed by atoms with Crippen LogP contribution in [-0.2, 0) is 0 Å². The molecule has 0 bridgehead atoms. The van der Waals surface area contributed by atoms with E-state index in [4.69, 9.17) is 0 Å². The molecule has 0 aliphatic rings. The lowest BCUT2D eigenvalue weighted by Gasteiger charge is -2.26. The number of thiophene rings is 2. The Morgan fingerprint density at radius 3 is 1.17 bits per heavy atom. The van der Waals surface area contributed by atoms with E-state index in [0.29, 0.717) is 0 Å². The van der Waals surface area contributed by atoms with Gasteiger partial charge in [0.25, 0.3) is 0 Å². The molecule has 0 amide bonds. The summed E-state index contributed by atoms with van der Waals surface area (Å²) in [5, 5.41) is 10.4. The molecule has 11 aromatic rings. The van der Waals surface area contributed by atoms with Crippen molar-refractivity contribution < 1.29 is 0 Å². The summed E-state index contributed by atoms with van der Waals surface area (Å²) in [7, 11) is 0. The van der Waals surface area contributed by atoms with Gasteiger partial charge in [-0.05, 0) is 117 Å². The van der Waals surface area contributed by atoms with E-state index >= 15 is 0 Å². The summed E-state index contributed by atoms with van der Waals surface area (Å²) in [6, 6.07) is 62.6. The summed E-state index contributed by atoms with van der Waals surface area (Å²) < 4.78 is 5.22. The third-order valence-corrected chi connectivity index (χ3v) is 12.8. The fraction of sp³-hybridized carbons (Fsp3) is 0. The molecule has 3 aromatic heterocycles. The van der Waals surface area contributed by atoms with Gasteiger partial charge in [-0.25, -0.2) is 0 Å². The van der Waals surface area contributed by atoms with Crippen molar-refractivity contribution in [2.45, 2.75) is 0 Å². The highest BCUT2D eigenvalue weighted by Crippen LogP contribution is 2.44. The summed E-state index contributed by atoms with van der Waals surface area (Å²) in [4.78, 5) is 6.58. The molecular weight excluding hydrogens is 681 g/mol. The van der Waals surface area contributed by atoms with Crippen molar-refractivity contribution in [1.82, 2.24) is 4.98 Å². The van der Waals surface area contributed by atoms with Crippen LogP contribution in [0, 0.1) is 0 Å². The van der Waals surface area contributed by atoms with Crippen molar-refractivity contribution in [1.29, 1.82) is 0 Å². The average Bonchev–Trinajstić information content (AvgIpc) is 3.76. The first-order valence-corrected chi connectivity index (χ1v) is 19.5. The first kappa shape index (κ1) is 30.3. The zero-order chi connectivity index (χ0) is 34.9. The standard InChI is InChI=1S/C49H30N2S2/c1-3-7-37-27-46-44(25-35(37)5-1)42-19-17-40(29-48(42)52-46)51(39-15-13-33(14-16-39)31-9-11-32(12-10-31)34-21-23-50-24-22-34)41-18-20-43-45-26-36-6-2-4-8-38(36)28-47(45)53-49(43)30-41/h1-30H. The van der Waals surface area contributed by atoms with Crippen LogP contribution in [0.4, 0.5) is 17.1 Å². The molecule has 2 nitrogen and oxygen atoms in total. The predicted octanol–water partition coefficient (Wildman–Crippen LogP) is 14.9. The van der Waals surface area contributed by atoms with Crippen LogP contribution in [0.15, 0.2) is 182 Å². The molecule has 248 valence electrons. The van der Waals surface area contributed by atoms with Crippen LogP contribution in [0.3, 0.4) is 0 Å². The van der Waals surface area contributed by atoms with Gasteiger partial charge in [-0.15, -0.1) is 22.7 Å². The molecule has 0 spiro atoms. The summed E-state index contributed by atoms with van der Waals surface area (Å²) in [6.45, 7) is 0. The molecule has 0 N–H and O–H groups in total. The maximum Gasteiger partial charge on any atom is 0.0476 e. The van der Waals surface area contributed by atoms with Crippen LogP contribution in [0.5, 0.6) is 0 Å². The van der Waals surface area contributed by atoms with E-state index in [9.17, 15) is 0 Å². The Kier molecular flexibility index (Phi) is 6.94. The monoisotopic (exact) mass is 710 g/mol. The van der Waals surface area contributed by atoms with E-state index in [0.717, 1.165) is 17.1 Å². The predicted molar refractivity (Wildman–Crippen MR) is 231 cm³/mol. The van der Waals surface area contributed by atoms with Crippen LogP contribution in [0.2, 0.25) is 0 Å². The Hall–Kier alpha value is -6.33. The zero-order valence-electron chi connectivity index (χ0n) is 28.5. The minimum atomic E-state index is 1.12. The lowest BCUT2D eigenvalue weighted by atomic mass is 10.0. The molecular formula is C49H30N2S2. The molecule has 11 rings (SSSR count). The second kappa shape index (κ2) is 12.1. The second-order valence-electron chi connectivity index (χ2n) is 13.7. The minimum Gasteiger partial charge on any atom is -0.310 e. The molecule has 0 aliphatic heterocycles. The normalized spacial score (nSPS) is 11.8. The Morgan fingerprint density at radius 2 is 0.698 bits per heavy atom. The van der Waals surface area contributed by atoms with Gasteiger partial charge in [0.2, 0.25) is 0 Å². The molecule has 53 heavy (non-hydrogen) atoms. The Balaban J connectivity index is 1.04. The zero-order valence-corrected chi connectivity index (χ0v) is 30.2. The maximum absolute atomic E-state index is 4.17. The quantitative estimate of drug-likeness (QED) is 0.177. The Morgan fingerprint density at radius 1 is 0.321 bits per heavy atom. The van der Waals surface area contributed by atoms with E-state index in [1.165, 1.54) is 84.1 Å². The van der Waals surface area contributed by atoms with Crippen LogP contribution < -0.4 is 4.90 Å². The van der Waals surface area contributed by atoms with Gasteiger partial charge in [0.1, 0.15) is 0 Å². The van der Waals surface area contributed by atoms with Crippen molar-refractivity contribution in [2.24, 2.45) is 0 Å². The fourth-order valence-electron chi connectivity index (χ4n) is 7.83. The number of pyridine rings is 1. The molecule has 0 atom stereocenters. The lowest BCUT2D eigenvalue weighted by Crippen LogP contribution is -2.09. The molecule has 0 fully saturated rings. The number of aromatic nitrogens is 1. The number of anilines is 3. The first-order valence-electron chi connectivity index (χ1n) is 17.8. The SMILES string of the molecule is c1ccc2cc3c(cc2c1)sc1cc(N(c2ccc(-c4ccc(-c5ccncc5)cc4)cc2)c2ccc4c(c2)sc2cc5ccccc5cc24)ccc13. The van der Waals surface area contributed by atoms with Gasteiger partial charge in [-0.3, -0.25) is 4.98 Å². The van der Waals surface area contributed by atoms with Crippen LogP contribution >= 0.6 is 22.7 Å². The van der Waals surface area contributed by atoms with Gasteiger partial charge >= 0.3 is 0 Å². The number of rotatable bonds is 5. The van der Waals surface area contributed by atoms with Gasteiger partial charge in [-0.2, -0.15) is 0 Å². The number of nitrogens with zero attached hydrogens (tertiary/aromatic N) is 2. The second-order valence-corrected chi connectivity index (χ2v) is 15.8. The molecule has 0 aliphatic carbocycles. The average molecular weight is 711 g/mol. The summed E-state index contributed by atoms with van der Waals surface area (Å²) in [5.41, 5.74) is 8.16. The van der Waals surface area contributed by atoms with Crippen LogP contribution in [0.1, 0.15) is 0 Å². The Labute approximate surface area is 314 Å². The van der Waals surface area contributed by atoms with Crippen molar-refractivity contribution in [3.8, 4) is 22.3 Å². The molecule has 3 heterocycles. The molecule has 0 saturated carbocycles. The first-order chi connectivity index (χ1) is 26.2. The molecule has 8 aromatic carbocycles. The van der Waals surface area contributed by atoms with Gasteiger partial charge < -0.3 is 4.90 Å². The third kappa shape index (κ3) is 5.18. The summed E-state index contributed by atoms with van der Waals surface area (Å²) in [5.74, 6) is 0. The number of benzene rings is 8. The van der Waals surface area contributed by atoms with E-state index in [2.05, 4.69) is 180 Å². The van der Waals surface area contributed by atoms with Crippen molar-refractivity contribution in [2.75, 3.05) is 4.90 Å². The summed E-state index contributed by atoms with van der Waals surface area (Å²) >= 11 is 3.75. The van der Waals surface area contributed by atoms with Gasteiger partial charge in [-0.1, -0.05) is 97.1 Å². The lowest BCUT2D eigenvalue weighted by molar-refractivity contribution is 1.30. The molecule has 4 heteroatoms. The molecule has 0 radical (unpaired) electrons. The van der Waals surface area contributed by atoms with Gasteiger partial charge in [0.05, 0.1) is 0 Å². The minimum absolute atomic E-state index is 1.12. The topological polar surface area (TPSA) is 16.1 Å². The van der Waals surface area contributed by atoms with E-state index in [-0.39, 0.29) is 0 Å². The van der Waals surface area contributed by atoms with Crippen LogP contribution in [-0.4, -0.2) is 4.98 Å². The number of fused-ring (bicyclic) bond motifs is 8. The van der Waals surface area contributed by atoms with E-state index in [1.807, 2.05) is 35.1 Å². The van der Waals surface area contributed by atoms with E-state index in [1.54, 1.807) is 0 Å². The fourth-order valence-corrected chi connectivity index (χ4v) is 10.2. The third-order valence-electron chi connectivity index (χ3n) is 10.5. The highest BCUT2D eigenvalue weighted by molar-refractivity contribution is 7.26. The highest BCUT2D eigenvalue weighted by Gasteiger charge is 2.17. The Bertz CT molecular complexity index is 3000. The molecule has 0 saturated heterocycles. The summed E-state index contributed by atoms with van der Waals surface area (Å²) in [6.07, 6.45) is 3.68. The van der Waals surface area contributed by atoms with E-state index < -0.39 is 0 Å². The van der Waals surface area contributed by atoms with Crippen LogP contribution in [0.25, 0.3) is 84.1 Å². The molecule has 0 unspecified atom stereocenters. The van der Waals surface area contributed by atoms with Gasteiger partial charge in [0.15, 0.2) is 0 Å². The van der Waals surface area contributed by atoms with Crippen molar-refractivity contribution in [3.05, 3.63) is 182 Å². The van der Waals surface area contributed by atoms with Gasteiger partial charge in [0, 0.05) is 69.8 Å². The largest absolute Gasteiger partial charge is 0.310 e. The maximum atomic E-state index is 4.17. The highest BCUT2D eigenvalue weighted by atomic mass is 32.1. The van der Waals surface area contributed by atoms with Crippen molar-refractivity contribution in [3.63, 3.8) is 0 Å².